The first-order valence-electron chi connectivity index (χ1n) is 17.3. The lowest BCUT2D eigenvalue weighted by atomic mass is 9.98. The molecule has 50 heavy (non-hydrogen) atoms. The van der Waals surface area contributed by atoms with Gasteiger partial charge in [-0.1, -0.05) is 11.9 Å². The van der Waals surface area contributed by atoms with Gasteiger partial charge in [-0.2, -0.15) is 4.98 Å². The molecule has 3 fully saturated rings. The van der Waals surface area contributed by atoms with Crippen LogP contribution in [0, 0.1) is 16.0 Å². The minimum atomic E-state index is -0.485. The molecule has 0 atom stereocenters. The second-order valence-corrected chi connectivity index (χ2v) is 14.3. The van der Waals surface area contributed by atoms with E-state index in [1.807, 2.05) is 29.7 Å². The SMILES string of the molecule is COc1cc(N2CCC(N3CCN(C)CC3)CC2)c(CC2CC2)cc1Nc1ncc([N+](=O)[O-])c(Nc2ccc3nccnc3c2N(C)SC)n1. The number of piperidine rings is 1. The highest BCUT2D eigenvalue weighted by atomic mass is 32.2. The number of fused-ring (bicyclic) bond motifs is 1. The lowest BCUT2D eigenvalue weighted by molar-refractivity contribution is -0.384. The van der Waals surface area contributed by atoms with Crippen molar-refractivity contribution in [1.82, 2.24) is 29.7 Å². The summed E-state index contributed by atoms with van der Waals surface area (Å²) in [5.74, 6) is 1.64. The van der Waals surface area contributed by atoms with Crippen LogP contribution >= 0.6 is 11.9 Å². The molecule has 0 bridgehead atoms. The van der Waals surface area contributed by atoms with Gasteiger partial charge in [0.25, 0.3) is 0 Å². The molecule has 0 spiro atoms. The van der Waals surface area contributed by atoms with E-state index in [9.17, 15) is 10.1 Å². The highest BCUT2D eigenvalue weighted by Gasteiger charge is 2.30. The number of ether oxygens (including phenoxy) is 1. The molecule has 2 aliphatic heterocycles. The van der Waals surface area contributed by atoms with Gasteiger partial charge in [0.2, 0.25) is 11.8 Å². The van der Waals surface area contributed by atoms with Crippen LogP contribution in [-0.4, -0.2) is 107 Å². The largest absolute Gasteiger partial charge is 0.494 e. The summed E-state index contributed by atoms with van der Waals surface area (Å²) in [7, 11) is 5.78. The zero-order valence-corrected chi connectivity index (χ0v) is 29.9. The standard InChI is InChI=1S/C35H45N11O3S/c1-42-15-17-44(18-16-42)25-9-13-45(14-10-25)29-21-31(49-3)28(20-24(29)19-23-5-6-23)40-35-38-22-30(46(47)48)34(41-35)39-27-8-7-26-32(37-12-11-36-26)33(27)43(2)50-4/h7-8,11-12,20-23,25H,5-6,9-10,13-19H2,1-4H3,(H2,38,39,40,41). The van der Waals surface area contributed by atoms with Crippen LogP contribution in [0.3, 0.4) is 0 Å². The molecule has 0 unspecified atom stereocenters. The van der Waals surface area contributed by atoms with Crippen LogP contribution in [0.2, 0.25) is 0 Å². The molecular weight excluding hydrogens is 655 g/mol. The number of nitro groups is 1. The number of aromatic nitrogens is 4. The summed E-state index contributed by atoms with van der Waals surface area (Å²) < 4.78 is 7.87. The number of rotatable bonds is 12. The van der Waals surface area contributed by atoms with E-state index < -0.39 is 4.92 Å². The summed E-state index contributed by atoms with van der Waals surface area (Å²) in [6.07, 6.45) is 12.2. The van der Waals surface area contributed by atoms with E-state index in [-0.39, 0.29) is 17.5 Å². The summed E-state index contributed by atoms with van der Waals surface area (Å²) in [5.41, 5.74) is 5.70. The third kappa shape index (κ3) is 7.35. The molecule has 2 aromatic heterocycles. The molecule has 1 aliphatic carbocycles. The molecule has 14 nitrogen and oxygen atoms in total. The van der Waals surface area contributed by atoms with Gasteiger partial charge in [-0.3, -0.25) is 25.0 Å². The third-order valence-corrected chi connectivity index (χ3v) is 10.9. The van der Waals surface area contributed by atoms with Crippen molar-refractivity contribution in [2.75, 3.05) is 86.6 Å². The van der Waals surface area contributed by atoms with Crippen LogP contribution in [0.1, 0.15) is 31.2 Å². The van der Waals surface area contributed by atoms with Crippen molar-refractivity contribution in [2.45, 2.75) is 38.1 Å². The monoisotopic (exact) mass is 699 g/mol. The second-order valence-electron chi connectivity index (χ2n) is 13.4. The zero-order valence-electron chi connectivity index (χ0n) is 29.1. The molecule has 0 amide bonds. The highest BCUT2D eigenvalue weighted by molar-refractivity contribution is 7.99. The Kier molecular flexibility index (Phi) is 10.1. The fourth-order valence-electron chi connectivity index (χ4n) is 7.07. The van der Waals surface area contributed by atoms with Crippen molar-refractivity contribution in [2.24, 2.45) is 5.92 Å². The van der Waals surface area contributed by atoms with Gasteiger partial charge >= 0.3 is 5.69 Å². The van der Waals surface area contributed by atoms with Gasteiger partial charge in [-0.25, -0.2) is 4.98 Å². The molecule has 3 aliphatic rings. The predicted octanol–water partition coefficient (Wildman–Crippen LogP) is 5.71. The van der Waals surface area contributed by atoms with Crippen LogP contribution in [0.25, 0.3) is 11.0 Å². The van der Waals surface area contributed by atoms with Crippen LogP contribution in [0.4, 0.5) is 40.2 Å². The number of nitrogens with one attached hydrogen (secondary N) is 2. The van der Waals surface area contributed by atoms with E-state index in [0.717, 1.165) is 69.9 Å². The molecule has 7 rings (SSSR count). The normalized spacial score (nSPS) is 17.6. The lowest BCUT2D eigenvalue weighted by Crippen LogP contribution is -2.52. The number of anilines is 6. The Morgan fingerprint density at radius 1 is 1.00 bits per heavy atom. The summed E-state index contributed by atoms with van der Waals surface area (Å²) in [5, 5.41) is 18.7. The quantitative estimate of drug-likeness (QED) is 0.106. The molecule has 2 N–H and O–H groups in total. The van der Waals surface area contributed by atoms with Crippen LogP contribution in [0.15, 0.2) is 42.9 Å². The molecule has 4 aromatic rings. The number of benzene rings is 2. The topological polar surface area (TPSA) is 141 Å². The van der Waals surface area contributed by atoms with E-state index in [2.05, 4.69) is 64.4 Å². The number of methoxy groups -OCH3 is 1. The van der Waals surface area contributed by atoms with Gasteiger partial charge in [-0.05, 0) is 68.8 Å². The molecule has 15 heteroatoms. The average molecular weight is 700 g/mol. The first-order chi connectivity index (χ1) is 24.3. The van der Waals surface area contributed by atoms with E-state index in [1.54, 1.807) is 19.5 Å². The van der Waals surface area contributed by atoms with Crippen LogP contribution in [-0.2, 0) is 6.42 Å². The Morgan fingerprint density at radius 2 is 1.76 bits per heavy atom. The van der Waals surface area contributed by atoms with E-state index in [0.29, 0.717) is 34.4 Å². The summed E-state index contributed by atoms with van der Waals surface area (Å²) >= 11 is 1.49. The minimum absolute atomic E-state index is 0.0588. The van der Waals surface area contributed by atoms with Gasteiger partial charge in [0.15, 0.2) is 0 Å². The van der Waals surface area contributed by atoms with Crippen molar-refractivity contribution >= 4 is 63.2 Å². The predicted molar refractivity (Wildman–Crippen MR) is 200 cm³/mol. The Morgan fingerprint density at radius 3 is 2.46 bits per heavy atom. The van der Waals surface area contributed by atoms with Gasteiger partial charge in [-0.15, -0.1) is 0 Å². The van der Waals surface area contributed by atoms with E-state index in [4.69, 9.17) is 4.74 Å². The summed E-state index contributed by atoms with van der Waals surface area (Å²) in [6, 6.07) is 8.59. The van der Waals surface area contributed by atoms with E-state index >= 15 is 0 Å². The Bertz CT molecular complexity index is 1840. The number of likely N-dealkylation sites (N-methyl/N-ethyl adjacent to an activating group) is 1. The molecule has 264 valence electrons. The fraction of sp³-hybridized carbons (Fsp3) is 0.486. The van der Waals surface area contributed by atoms with Crippen molar-refractivity contribution in [3.8, 4) is 5.75 Å². The number of nitrogens with zero attached hydrogens (tertiary/aromatic N) is 9. The minimum Gasteiger partial charge on any atom is -0.494 e. The zero-order chi connectivity index (χ0) is 34.8. The van der Waals surface area contributed by atoms with Gasteiger partial charge in [0, 0.05) is 82.8 Å². The molecular formula is C35H45N11O3S. The van der Waals surface area contributed by atoms with Gasteiger partial charge in [0.05, 0.1) is 34.6 Å². The molecule has 2 aromatic carbocycles. The number of piperazine rings is 1. The molecule has 4 heterocycles. The van der Waals surface area contributed by atoms with Crippen LogP contribution in [0.5, 0.6) is 5.75 Å². The highest BCUT2D eigenvalue weighted by Crippen LogP contribution is 2.42. The van der Waals surface area contributed by atoms with Crippen molar-refractivity contribution in [3.05, 3.63) is 58.5 Å². The molecule has 2 saturated heterocycles. The van der Waals surface area contributed by atoms with Crippen molar-refractivity contribution in [1.29, 1.82) is 0 Å². The van der Waals surface area contributed by atoms with Gasteiger partial charge in [0.1, 0.15) is 17.5 Å². The third-order valence-electron chi connectivity index (χ3n) is 10.1. The molecule has 1 saturated carbocycles. The van der Waals surface area contributed by atoms with E-state index in [1.165, 1.54) is 42.2 Å². The Balaban J connectivity index is 1.16. The summed E-state index contributed by atoms with van der Waals surface area (Å²) in [6.45, 7) is 6.61. The average Bonchev–Trinajstić information content (AvgIpc) is 3.96. The smallest absolute Gasteiger partial charge is 0.329 e. The summed E-state index contributed by atoms with van der Waals surface area (Å²) in [4.78, 5) is 37.2. The lowest BCUT2D eigenvalue weighted by Gasteiger charge is -2.43. The van der Waals surface area contributed by atoms with Crippen molar-refractivity contribution < 1.29 is 9.66 Å². The maximum atomic E-state index is 12.1. The second kappa shape index (κ2) is 14.8. The number of hydrogen-bond acceptors (Lipinski definition) is 14. The first kappa shape index (κ1) is 34.0. The van der Waals surface area contributed by atoms with Gasteiger partial charge < -0.3 is 29.5 Å². The maximum Gasteiger partial charge on any atom is 0.329 e. The Labute approximate surface area is 296 Å². The fourth-order valence-corrected chi connectivity index (χ4v) is 7.44. The molecule has 0 radical (unpaired) electrons. The first-order valence-corrected chi connectivity index (χ1v) is 18.4. The number of hydrogen-bond donors (Lipinski definition) is 2. The maximum absolute atomic E-state index is 12.1. The van der Waals surface area contributed by atoms with Crippen molar-refractivity contribution in [3.63, 3.8) is 0 Å². The van der Waals surface area contributed by atoms with Crippen LogP contribution < -0.4 is 24.6 Å². The Hall–Kier alpha value is -4.47.